The van der Waals surface area contributed by atoms with E-state index >= 15 is 0 Å². The summed E-state index contributed by atoms with van der Waals surface area (Å²) in [5, 5.41) is 9.14. The van der Waals surface area contributed by atoms with Crippen LogP contribution in [0, 0.1) is 6.92 Å². The highest BCUT2D eigenvalue weighted by Crippen LogP contribution is 2.24. The lowest BCUT2D eigenvalue weighted by molar-refractivity contribution is -0.139. The third-order valence-electron chi connectivity index (χ3n) is 2.93. The van der Waals surface area contributed by atoms with Gasteiger partial charge in [0.25, 0.3) is 0 Å². The van der Waals surface area contributed by atoms with Crippen molar-refractivity contribution < 1.29 is 9.53 Å². The molecule has 116 valence electrons. The van der Waals surface area contributed by atoms with E-state index in [1.54, 1.807) is 13.0 Å². The van der Waals surface area contributed by atoms with Crippen molar-refractivity contribution in [2.45, 2.75) is 25.5 Å². The Kier molecular flexibility index (Phi) is 5.77. The summed E-state index contributed by atoms with van der Waals surface area (Å²) in [6.45, 7) is 8.57. The van der Waals surface area contributed by atoms with E-state index in [4.69, 9.17) is 4.74 Å². The number of allylic oxidation sites excluding steroid dienone is 1. The third kappa shape index (κ3) is 3.98. The summed E-state index contributed by atoms with van der Waals surface area (Å²) >= 11 is 1.32. The van der Waals surface area contributed by atoms with Crippen molar-refractivity contribution >= 4 is 17.7 Å². The Bertz CT molecular complexity index is 667. The first-order valence-electron chi connectivity index (χ1n) is 7.05. The van der Waals surface area contributed by atoms with Gasteiger partial charge in [-0.1, -0.05) is 41.6 Å². The van der Waals surface area contributed by atoms with Crippen LogP contribution >= 0.6 is 11.8 Å². The van der Waals surface area contributed by atoms with Gasteiger partial charge in [0.1, 0.15) is 0 Å². The lowest BCUT2D eigenvalue weighted by Gasteiger charge is -2.08. The van der Waals surface area contributed by atoms with Crippen LogP contribution in [0.15, 0.2) is 42.1 Å². The lowest BCUT2D eigenvalue weighted by Crippen LogP contribution is -2.08. The maximum Gasteiger partial charge on any atom is 0.316 e. The molecule has 1 aromatic carbocycles. The Balaban J connectivity index is 2.25. The van der Waals surface area contributed by atoms with E-state index in [1.165, 1.54) is 11.8 Å². The fourth-order valence-electron chi connectivity index (χ4n) is 2.01. The van der Waals surface area contributed by atoms with Gasteiger partial charge >= 0.3 is 5.97 Å². The number of aryl methyl sites for hydroxylation is 1. The molecule has 6 heteroatoms. The van der Waals surface area contributed by atoms with Gasteiger partial charge in [0.15, 0.2) is 11.0 Å². The Labute approximate surface area is 134 Å². The summed E-state index contributed by atoms with van der Waals surface area (Å²) in [6, 6.07) is 8.08. The molecule has 0 N–H and O–H groups in total. The van der Waals surface area contributed by atoms with E-state index < -0.39 is 0 Å². The van der Waals surface area contributed by atoms with Gasteiger partial charge in [-0.3, -0.25) is 9.36 Å². The van der Waals surface area contributed by atoms with E-state index in [2.05, 4.69) is 22.8 Å². The molecule has 0 radical (unpaired) electrons. The molecule has 1 heterocycles. The van der Waals surface area contributed by atoms with Crippen LogP contribution in [0.2, 0.25) is 0 Å². The van der Waals surface area contributed by atoms with Crippen molar-refractivity contribution in [1.82, 2.24) is 14.8 Å². The van der Waals surface area contributed by atoms with Crippen molar-refractivity contribution in [2.24, 2.45) is 0 Å². The number of hydrogen-bond acceptors (Lipinski definition) is 5. The number of ether oxygens (including phenoxy) is 1. The van der Waals surface area contributed by atoms with Crippen LogP contribution in [-0.4, -0.2) is 33.1 Å². The van der Waals surface area contributed by atoms with Crippen molar-refractivity contribution in [3.63, 3.8) is 0 Å². The highest BCUT2D eigenvalue weighted by molar-refractivity contribution is 7.99. The highest BCUT2D eigenvalue weighted by Gasteiger charge is 2.15. The van der Waals surface area contributed by atoms with Crippen LogP contribution in [0.3, 0.4) is 0 Å². The monoisotopic (exact) mass is 317 g/mol. The SMILES string of the molecule is C=CCn1c(SCC(=O)OCC)nnc1-c1cccc(C)c1. The molecule has 0 amide bonds. The van der Waals surface area contributed by atoms with Crippen molar-refractivity contribution in [1.29, 1.82) is 0 Å². The summed E-state index contributed by atoms with van der Waals surface area (Å²) in [4.78, 5) is 11.5. The number of hydrogen-bond donors (Lipinski definition) is 0. The zero-order valence-electron chi connectivity index (χ0n) is 12.8. The first kappa shape index (κ1) is 16.3. The molecule has 2 aromatic rings. The maximum absolute atomic E-state index is 11.5. The topological polar surface area (TPSA) is 57.0 Å². The van der Waals surface area contributed by atoms with Gasteiger partial charge in [-0.15, -0.1) is 16.8 Å². The van der Waals surface area contributed by atoms with Gasteiger partial charge in [0, 0.05) is 12.1 Å². The van der Waals surface area contributed by atoms with Crippen LogP contribution in [0.4, 0.5) is 0 Å². The number of benzene rings is 1. The average molecular weight is 317 g/mol. The number of carbonyl (C=O) groups is 1. The zero-order chi connectivity index (χ0) is 15.9. The molecule has 22 heavy (non-hydrogen) atoms. The summed E-state index contributed by atoms with van der Waals surface area (Å²) in [5.41, 5.74) is 2.16. The molecule has 5 nitrogen and oxygen atoms in total. The average Bonchev–Trinajstić information content (AvgIpc) is 2.89. The van der Waals surface area contributed by atoms with Crippen LogP contribution in [-0.2, 0) is 16.1 Å². The molecule has 0 aliphatic rings. The maximum atomic E-state index is 11.5. The minimum absolute atomic E-state index is 0.219. The van der Waals surface area contributed by atoms with E-state index in [9.17, 15) is 4.79 Å². The van der Waals surface area contributed by atoms with Gasteiger partial charge in [0.05, 0.1) is 12.4 Å². The summed E-state index contributed by atoms with van der Waals surface area (Å²) < 4.78 is 6.88. The molecular weight excluding hydrogens is 298 g/mol. The first-order valence-corrected chi connectivity index (χ1v) is 8.03. The Hall–Kier alpha value is -2.08. The number of carbonyl (C=O) groups excluding carboxylic acids is 1. The molecule has 0 fully saturated rings. The lowest BCUT2D eigenvalue weighted by atomic mass is 10.1. The summed E-state index contributed by atoms with van der Waals surface area (Å²) in [6.07, 6.45) is 1.79. The van der Waals surface area contributed by atoms with Crippen LogP contribution < -0.4 is 0 Å². The third-order valence-corrected chi connectivity index (χ3v) is 3.87. The van der Waals surface area contributed by atoms with Crippen LogP contribution in [0.1, 0.15) is 12.5 Å². The molecule has 0 aliphatic heterocycles. The van der Waals surface area contributed by atoms with Crippen molar-refractivity contribution in [3.8, 4) is 11.4 Å². The highest BCUT2D eigenvalue weighted by atomic mass is 32.2. The summed E-state index contributed by atoms with van der Waals surface area (Å²) in [7, 11) is 0. The number of thioether (sulfide) groups is 1. The van der Waals surface area contributed by atoms with Gasteiger partial charge < -0.3 is 4.74 Å². The second-order valence-electron chi connectivity index (χ2n) is 4.67. The molecule has 0 bridgehead atoms. The van der Waals surface area contributed by atoms with E-state index in [0.717, 1.165) is 17.0 Å². The zero-order valence-corrected chi connectivity index (χ0v) is 13.6. The second-order valence-corrected chi connectivity index (χ2v) is 5.61. The van der Waals surface area contributed by atoms with Crippen LogP contribution in [0.25, 0.3) is 11.4 Å². The first-order chi connectivity index (χ1) is 10.7. The predicted octanol–water partition coefficient (Wildman–Crippen LogP) is 3.09. The van der Waals surface area contributed by atoms with Crippen molar-refractivity contribution in [2.75, 3.05) is 12.4 Å². The number of rotatable bonds is 7. The molecule has 0 atom stereocenters. The minimum Gasteiger partial charge on any atom is -0.465 e. The normalized spacial score (nSPS) is 10.5. The molecule has 0 spiro atoms. The number of esters is 1. The fourth-order valence-corrected chi connectivity index (χ4v) is 2.76. The molecular formula is C16H19N3O2S. The smallest absolute Gasteiger partial charge is 0.316 e. The van der Waals surface area contributed by atoms with E-state index in [0.29, 0.717) is 18.3 Å². The largest absolute Gasteiger partial charge is 0.465 e. The van der Waals surface area contributed by atoms with Gasteiger partial charge in [-0.05, 0) is 19.9 Å². The van der Waals surface area contributed by atoms with Gasteiger partial charge in [-0.25, -0.2) is 0 Å². The second kappa shape index (κ2) is 7.79. The molecule has 0 saturated heterocycles. The fraction of sp³-hybridized carbons (Fsp3) is 0.312. The van der Waals surface area contributed by atoms with Gasteiger partial charge in [-0.2, -0.15) is 0 Å². The summed E-state index contributed by atoms with van der Waals surface area (Å²) in [5.74, 6) is 0.740. The quantitative estimate of drug-likeness (QED) is 0.446. The number of nitrogens with zero attached hydrogens (tertiary/aromatic N) is 3. The molecule has 2 rings (SSSR count). The molecule has 0 unspecified atom stereocenters. The van der Waals surface area contributed by atoms with E-state index in [-0.39, 0.29) is 11.7 Å². The minimum atomic E-state index is -0.252. The molecule has 0 saturated carbocycles. The van der Waals surface area contributed by atoms with E-state index in [1.807, 2.05) is 29.7 Å². The standard InChI is InChI=1S/C16H19N3O2S/c1-4-9-19-15(13-8-6-7-12(3)10-13)17-18-16(19)22-11-14(20)21-5-2/h4,6-8,10H,1,5,9,11H2,2-3H3. The van der Waals surface area contributed by atoms with Crippen molar-refractivity contribution in [3.05, 3.63) is 42.5 Å². The van der Waals surface area contributed by atoms with Crippen LogP contribution in [0.5, 0.6) is 0 Å². The predicted molar refractivity (Wildman–Crippen MR) is 87.7 cm³/mol. The molecule has 1 aromatic heterocycles. The molecule has 0 aliphatic carbocycles. The van der Waals surface area contributed by atoms with Gasteiger partial charge in [0.2, 0.25) is 0 Å². The Morgan fingerprint density at radius 3 is 2.95 bits per heavy atom. The Morgan fingerprint density at radius 2 is 2.27 bits per heavy atom. The number of aromatic nitrogens is 3. The Morgan fingerprint density at radius 1 is 1.45 bits per heavy atom.